The molecule has 1 aromatic carbocycles. The SMILES string of the molecule is Cc1ccccc1N(C)C(=O)C1CCNC1C. The zero-order valence-corrected chi connectivity index (χ0v) is 10.7. The number of hydrogen-bond donors (Lipinski definition) is 1. The molecule has 1 heterocycles. The van der Waals surface area contributed by atoms with E-state index in [1.54, 1.807) is 4.90 Å². The average molecular weight is 232 g/mol. The highest BCUT2D eigenvalue weighted by Gasteiger charge is 2.32. The first kappa shape index (κ1) is 12.1. The first-order valence-electron chi connectivity index (χ1n) is 6.18. The molecule has 0 aromatic heterocycles. The number of carbonyl (C=O) groups excluding carboxylic acids is 1. The third kappa shape index (κ3) is 2.34. The zero-order valence-electron chi connectivity index (χ0n) is 10.7. The minimum absolute atomic E-state index is 0.111. The first-order chi connectivity index (χ1) is 8.11. The van der Waals surface area contributed by atoms with Crippen LogP contribution in [-0.4, -0.2) is 25.5 Å². The number of rotatable bonds is 2. The summed E-state index contributed by atoms with van der Waals surface area (Å²) in [6, 6.07) is 8.30. The van der Waals surface area contributed by atoms with Crippen LogP contribution in [0.5, 0.6) is 0 Å². The Bertz CT molecular complexity index is 416. The number of carbonyl (C=O) groups is 1. The monoisotopic (exact) mass is 232 g/mol. The second-order valence-corrected chi connectivity index (χ2v) is 4.82. The maximum absolute atomic E-state index is 12.4. The Balaban J connectivity index is 2.17. The summed E-state index contributed by atoms with van der Waals surface area (Å²) in [4.78, 5) is 14.2. The molecule has 3 nitrogen and oxygen atoms in total. The van der Waals surface area contributed by atoms with E-state index in [0.29, 0.717) is 0 Å². The van der Waals surface area contributed by atoms with Gasteiger partial charge in [0.25, 0.3) is 0 Å². The van der Waals surface area contributed by atoms with E-state index < -0.39 is 0 Å². The minimum atomic E-state index is 0.111. The molecule has 0 spiro atoms. The summed E-state index contributed by atoms with van der Waals surface area (Å²) in [5.74, 6) is 0.330. The number of para-hydroxylation sites is 1. The van der Waals surface area contributed by atoms with E-state index in [9.17, 15) is 4.79 Å². The van der Waals surface area contributed by atoms with Crippen LogP contribution in [0.3, 0.4) is 0 Å². The molecule has 0 bridgehead atoms. The van der Waals surface area contributed by atoms with Crippen molar-refractivity contribution in [1.82, 2.24) is 5.32 Å². The molecule has 1 aliphatic heterocycles. The van der Waals surface area contributed by atoms with E-state index in [4.69, 9.17) is 0 Å². The molecular formula is C14H20N2O. The second kappa shape index (κ2) is 4.88. The summed E-state index contributed by atoms with van der Waals surface area (Å²) in [6.07, 6.45) is 0.941. The molecule has 2 unspecified atom stereocenters. The number of hydrogen-bond acceptors (Lipinski definition) is 2. The summed E-state index contributed by atoms with van der Waals surface area (Å²) in [7, 11) is 1.87. The van der Waals surface area contributed by atoms with Gasteiger partial charge in [-0.25, -0.2) is 0 Å². The Morgan fingerprint density at radius 1 is 1.41 bits per heavy atom. The van der Waals surface area contributed by atoms with Crippen molar-refractivity contribution >= 4 is 11.6 Å². The van der Waals surface area contributed by atoms with Crippen LogP contribution in [0.15, 0.2) is 24.3 Å². The van der Waals surface area contributed by atoms with Gasteiger partial charge in [-0.15, -0.1) is 0 Å². The van der Waals surface area contributed by atoms with Crippen LogP contribution >= 0.6 is 0 Å². The molecule has 17 heavy (non-hydrogen) atoms. The van der Waals surface area contributed by atoms with E-state index in [-0.39, 0.29) is 17.9 Å². The molecule has 0 aliphatic carbocycles. The van der Waals surface area contributed by atoms with Gasteiger partial charge >= 0.3 is 0 Å². The van der Waals surface area contributed by atoms with Crippen LogP contribution in [0.25, 0.3) is 0 Å². The molecule has 1 aliphatic rings. The molecule has 1 amide bonds. The lowest BCUT2D eigenvalue weighted by atomic mass is 10.00. The zero-order chi connectivity index (χ0) is 12.4. The van der Waals surface area contributed by atoms with Gasteiger partial charge in [-0.3, -0.25) is 4.79 Å². The van der Waals surface area contributed by atoms with Crippen molar-refractivity contribution in [2.75, 3.05) is 18.5 Å². The van der Waals surface area contributed by atoms with Gasteiger partial charge in [0, 0.05) is 18.8 Å². The van der Waals surface area contributed by atoms with Crippen molar-refractivity contribution in [2.24, 2.45) is 5.92 Å². The Hall–Kier alpha value is -1.35. The van der Waals surface area contributed by atoms with Crippen LogP contribution < -0.4 is 10.2 Å². The van der Waals surface area contributed by atoms with Gasteiger partial charge < -0.3 is 10.2 Å². The van der Waals surface area contributed by atoms with Crippen molar-refractivity contribution in [3.05, 3.63) is 29.8 Å². The van der Waals surface area contributed by atoms with Crippen LogP contribution in [0.4, 0.5) is 5.69 Å². The predicted octanol–water partition coefficient (Wildman–Crippen LogP) is 1.96. The number of nitrogens with one attached hydrogen (secondary N) is 1. The van der Waals surface area contributed by atoms with Crippen molar-refractivity contribution in [3.63, 3.8) is 0 Å². The Kier molecular flexibility index (Phi) is 3.48. The van der Waals surface area contributed by atoms with Crippen LogP contribution in [-0.2, 0) is 4.79 Å². The van der Waals surface area contributed by atoms with E-state index in [1.807, 2.05) is 38.2 Å². The van der Waals surface area contributed by atoms with Crippen molar-refractivity contribution in [3.8, 4) is 0 Å². The average Bonchev–Trinajstić information content (AvgIpc) is 2.74. The van der Waals surface area contributed by atoms with E-state index in [0.717, 1.165) is 24.2 Å². The van der Waals surface area contributed by atoms with Crippen LogP contribution in [0.1, 0.15) is 18.9 Å². The lowest BCUT2D eigenvalue weighted by Crippen LogP contribution is -2.38. The molecule has 3 heteroatoms. The highest BCUT2D eigenvalue weighted by molar-refractivity contribution is 5.95. The molecule has 92 valence electrons. The fourth-order valence-corrected chi connectivity index (χ4v) is 2.50. The highest BCUT2D eigenvalue weighted by Crippen LogP contribution is 2.23. The molecule has 1 fully saturated rings. The fourth-order valence-electron chi connectivity index (χ4n) is 2.50. The highest BCUT2D eigenvalue weighted by atomic mass is 16.2. The number of nitrogens with zero attached hydrogens (tertiary/aromatic N) is 1. The number of aryl methyl sites for hydroxylation is 1. The Morgan fingerprint density at radius 2 is 2.12 bits per heavy atom. The molecular weight excluding hydrogens is 212 g/mol. The molecule has 1 aromatic rings. The summed E-state index contributed by atoms with van der Waals surface area (Å²) >= 11 is 0. The van der Waals surface area contributed by atoms with Gasteiger partial charge in [-0.1, -0.05) is 18.2 Å². The largest absolute Gasteiger partial charge is 0.315 e. The Labute approximate surface area is 103 Å². The third-order valence-corrected chi connectivity index (χ3v) is 3.65. The number of benzene rings is 1. The fraction of sp³-hybridized carbons (Fsp3) is 0.500. The third-order valence-electron chi connectivity index (χ3n) is 3.65. The molecule has 0 saturated carbocycles. The lowest BCUT2D eigenvalue weighted by Gasteiger charge is -2.24. The van der Waals surface area contributed by atoms with E-state index in [1.165, 1.54) is 0 Å². The normalized spacial score (nSPS) is 23.7. The quantitative estimate of drug-likeness (QED) is 0.845. The summed E-state index contributed by atoms with van der Waals surface area (Å²) in [5.41, 5.74) is 2.15. The maximum Gasteiger partial charge on any atom is 0.231 e. The summed E-state index contributed by atoms with van der Waals surface area (Å²) in [5, 5.41) is 3.32. The lowest BCUT2D eigenvalue weighted by molar-refractivity contribution is -0.122. The van der Waals surface area contributed by atoms with Gasteiger partial charge in [0.1, 0.15) is 0 Å². The van der Waals surface area contributed by atoms with Crippen molar-refractivity contribution in [2.45, 2.75) is 26.3 Å². The first-order valence-corrected chi connectivity index (χ1v) is 6.18. The Morgan fingerprint density at radius 3 is 2.71 bits per heavy atom. The smallest absolute Gasteiger partial charge is 0.231 e. The van der Waals surface area contributed by atoms with Gasteiger partial charge in [-0.05, 0) is 38.4 Å². The van der Waals surface area contributed by atoms with E-state index in [2.05, 4.69) is 12.2 Å². The van der Waals surface area contributed by atoms with Gasteiger partial charge in [0.15, 0.2) is 0 Å². The topological polar surface area (TPSA) is 32.3 Å². The van der Waals surface area contributed by atoms with Crippen molar-refractivity contribution < 1.29 is 4.79 Å². The molecule has 2 rings (SSSR count). The molecule has 1 N–H and O–H groups in total. The summed E-state index contributed by atoms with van der Waals surface area (Å²) < 4.78 is 0. The standard InChI is InChI=1S/C14H20N2O/c1-10-6-4-5-7-13(10)16(3)14(17)12-8-9-15-11(12)2/h4-7,11-12,15H,8-9H2,1-3H3. The van der Waals surface area contributed by atoms with E-state index >= 15 is 0 Å². The van der Waals surface area contributed by atoms with Crippen LogP contribution in [0.2, 0.25) is 0 Å². The van der Waals surface area contributed by atoms with Crippen molar-refractivity contribution in [1.29, 1.82) is 0 Å². The number of anilines is 1. The summed E-state index contributed by atoms with van der Waals surface area (Å²) in [6.45, 7) is 5.07. The molecule has 2 atom stereocenters. The van der Waals surface area contributed by atoms with Gasteiger partial charge in [-0.2, -0.15) is 0 Å². The molecule has 0 radical (unpaired) electrons. The molecule has 1 saturated heterocycles. The van der Waals surface area contributed by atoms with Gasteiger partial charge in [0.05, 0.1) is 5.92 Å². The van der Waals surface area contributed by atoms with Gasteiger partial charge in [0.2, 0.25) is 5.91 Å². The second-order valence-electron chi connectivity index (χ2n) is 4.82. The van der Waals surface area contributed by atoms with Crippen LogP contribution in [0, 0.1) is 12.8 Å². The number of amides is 1. The predicted molar refractivity (Wildman–Crippen MR) is 70.2 cm³/mol. The maximum atomic E-state index is 12.4. The minimum Gasteiger partial charge on any atom is -0.315 e.